The third-order valence-corrected chi connectivity index (χ3v) is 3.84. The molecule has 1 N–H and O–H groups in total. The molecule has 0 saturated carbocycles. The van der Waals surface area contributed by atoms with Crippen molar-refractivity contribution in [2.24, 2.45) is 0 Å². The van der Waals surface area contributed by atoms with Gasteiger partial charge in [0.15, 0.2) is 0 Å². The molecule has 0 aliphatic carbocycles. The Balaban J connectivity index is 1.91. The molecule has 0 amide bonds. The number of hydrogen-bond acceptors (Lipinski definition) is 5. The van der Waals surface area contributed by atoms with E-state index in [0.29, 0.717) is 6.61 Å². The van der Waals surface area contributed by atoms with E-state index in [4.69, 9.17) is 4.74 Å². The second-order valence-corrected chi connectivity index (χ2v) is 5.47. The van der Waals surface area contributed by atoms with Gasteiger partial charge >= 0.3 is 5.97 Å². The zero-order valence-corrected chi connectivity index (χ0v) is 13.4. The molecule has 0 bridgehead atoms. The van der Waals surface area contributed by atoms with E-state index in [0.717, 1.165) is 43.1 Å². The van der Waals surface area contributed by atoms with Crippen molar-refractivity contribution in [3.63, 3.8) is 0 Å². The number of benzene rings is 1. The molecular weight excluding hydrogens is 292 g/mol. The van der Waals surface area contributed by atoms with Gasteiger partial charge in [-0.1, -0.05) is 30.3 Å². The Labute approximate surface area is 136 Å². The topological polar surface area (TPSA) is 59.4 Å². The third kappa shape index (κ3) is 3.71. The molecule has 1 fully saturated rings. The van der Waals surface area contributed by atoms with E-state index in [9.17, 15) is 4.79 Å². The second-order valence-electron chi connectivity index (χ2n) is 5.47. The number of rotatable bonds is 5. The Morgan fingerprint density at radius 2 is 2.00 bits per heavy atom. The molecule has 1 aromatic heterocycles. The van der Waals surface area contributed by atoms with Crippen LogP contribution in [0.3, 0.4) is 0 Å². The summed E-state index contributed by atoms with van der Waals surface area (Å²) < 4.78 is 6.70. The highest BCUT2D eigenvalue weighted by molar-refractivity contribution is 5.76. The first-order chi connectivity index (χ1) is 11.3. The first-order valence-electron chi connectivity index (χ1n) is 8.02. The molecule has 1 aliphatic heterocycles. The Morgan fingerprint density at radius 1 is 1.26 bits per heavy atom. The van der Waals surface area contributed by atoms with Gasteiger partial charge in [-0.15, -0.1) is 0 Å². The summed E-state index contributed by atoms with van der Waals surface area (Å²) in [5, 5.41) is 7.99. The van der Waals surface area contributed by atoms with Crippen LogP contribution >= 0.6 is 0 Å². The maximum atomic E-state index is 11.7. The van der Waals surface area contributed by atoms with Crippen molar-refractivity contribution in [2.45, 2.75) is 13.5 Å². The van der Waals surface area contributed by atoms with Crippen molar-refractivity contribution < 1.29 is 9.53 Å². The van der Waals surface area contributed by atoms with Gasteiger partial charge in [-0.3, -0.25) is 9.48 Å². The van der Waals surface area contributed by atoms with Crippen LogP contribution in [-0.4, -0.2) is 48.5 Å². The summed E-state index contributed by atoms with van der Waals surface area (Å²) in [4.78, 5) is 14.1. The quantitative estimate of drug-likeness (QED) is 0.848. The lowest BCUT2D eigenvalue weighted by Crippen LogP contribution is -2.43. The van der Waals surface area contributed by atoms with Gasteiger partial charge in [0.2, 0.25) is 0 Å². The van der Waals surface area contributed by atoms with Gasteiger partial charge in [0, 0.05) is 37.9 Å². The fourth-order valence-corrected chi connectivity index (χ4v) is 2.77. The number of anilines is 1. The molecule has 0 unspecified atom stereocenters. The van der Waals surface area contributed by atoms with Crippen LogP contribution in [-0.2, 0) is 16.1 Å². The van der Waals surface area contributed by atoms with Gasteiger partial charge in [0.25, 0.3) is 0 Å². The lowest BCUT2D eigenvalue weighted by Gasteiger charge is -2.29. The fourth-order valence-electron chi connectivity index (χ4n) is 2.77. The van der Waals surface area contributed by atoms with E-state index in [1.165, 1.54) is 0 Å². The van der Waals surface area contributed by atoms with Crippen LogP contribution in [0.4, 0.5) is 5.69 Å². The van der Waals surface area contributed by atoms with Gasteiger partial charge in [-0.2, -0.15) is 5.10 Å². The molecule has 2 heterocycles. The van der Waals surface area contributed by atoms with Crippen molar-refractivity contribution >= 4 is 11.7 Å². The summed E-state index contributed by atoms with van der Waals surface area (Å²) in [7, 11) is 0. The number of esters is 1. The highest BCUT2D eigenvalue weighted by atomic mass is 16.5. The smallest absolute Gasteiger partial charge is 0.327 e. The van der Waals surface area contributed by atoms with Gasteiger partial charge < -0.3 is 15.0 Å². The monoisotopic (exact) mass is 314 g/mol. The molecule has 2 aromatic rings. The molecular formula is C17H22N4O2. The lowest BCUT2D eigenvalue weighted by molar-refractivity contribution is -0.144. The van der Waals surface area contributed by atoms with Crippen LogP contribution in [0, 0.1) is 0 Å². The Bertz CT molecular complexity index is 648. The largest absolute Gasteiger partial charge is 0.465 e. The molecule has 1 aliphatic rings. The summed E-state index contributed by atoms with van der Waals surface area (Å²) in [5.41, 5.74) is 3.04. The molecule has 1 aromatic carbocycles. The standard InChI is InChI=1S/C17H22N4O2/c1-2-23-16(22)13-21-12-15(20-10-8-18-9-11-20)17(19-21)14-6-4-3-5-7-14/h3-7,12,18H,2,8-11,13H2,1H3. The van der Waals surface area contributed by atoms with Crippen molar-refractivity contribution in [3.05, 3.63) is 36.5 Å². The van der Waals surface area contributed by atoms with E-state index in [-0.39, 0.29) is 12.5 Å². The Hall–Kier alpha value is -2.34. The van der Waals surface area contributed by atoms with Crippen molar-refractivity contribution in [1.29, 1.82) is 0 Å². The SMILES string of the molecule is CCOC(=O)Cn1cc(N2CCNCC2)c(-c2ccccc2)n1. The average molecular weight is 314 g/mol. The predicted octanol–water partition coefficient (Wildman–Crippen LogP) is 1.52. The van der Waals surface area contributed by atoms with Crippen LogP contribution in [0.2, 0.25) is 0 Å². The van der Waals surface area contributed by atoms with Crippen LogP contribution in [0.1, 0.15) is 6.92 Å². The molecule has 6 heteroatoms. The molecule has 0 spiro atoms. The van der Waals surface area contributed by atoms with E-state index in [1.807, 2.05) is 43.5 Å². The highest BCUT2D eigenvalue weighted by Gasteiger charge is 2.20. The minimum Gasteiger partial charge on any atom is -0.465 e. The number of carbonyl (C=O) groups is 1. The first kappa shape index (κ1) is 15.6. The van der Waals surface area contributed by atoms with E-state index < -0.39 is 0 Å². The summed E-state index contributed by atoms with van der Waals surface area (Å²) in [6.45, 7) is 6.11. The van der Waals surface area contributed by atoms with Crippen LogP contribution in [0.5, 0.6) is 0 Å². The molecule has 6 nitrogen and oxygen atoms in total. The molecule has 1 saturated heterocycles. The lowest BCUT2D eigenvalue weighted by atomic mass is 10.1. The number of ether oxygens (including phenoxy) is 1. The van der Waals surface area contributed by atoms with Gasteiger partial charge in [-0.25, -0.2) is 0 Å². The summed E-state index contributed by atoms with van der Waals surface area (Å²) in [6, 6.07) is 10.1. The summed E-state index contributed by atoms with van der Waals surface area (Å²) in [5.74, 6) is -0.263. The number of carbonyl (C=O) groups excluding carboxylic acids is 1. The van der Waals surface area contributed by atoms with Gasteiger partial charge in [-0.05, 0) is 6.92 Å². The Morgan fingerprint density at radius 3 is 2.70 bits per heavy atom. The summed E-state index contributed by atoms with van der Waals surface area (Å²) in [6.07, 6.45) is 1.95. The molecule has 0 radical (unpaired) electrons. The van der Waals surface area contributed by atoms with Crippen molar-refractivity contribution in [2.75, 3.05) is 37.7 Å². The Kier molecular flexibility index (Phi) is 4.92. The minimum atomic E-state index is -0.263. The second kappa shape index (κ2) is 7.28. The van der Waals surface area contributed by atoms with Crippen LogP contribution < -0.4 is 10.2 Å². The number of hydrogen-bond donors (Lipinski definition) is 1. The van der Waals surface area contributed by atoms with E-state index in [1.54, 1.807) is 4.68 Å². The van der Waals surface area contributed by atoms with Gasteiger partial charge in [0.1, 0.15) is 12.2 Å². The molecule has 0 atom stereocenters. The zero-order valence-electron chi connectivity index (χ0n) is 13.4. The maximum Gasteiger partial charge on any atom is 0.327 e. The molecule has 23 heavy (non-hydrogen) atoms. The highest BCUT2D eigenvalue weighted by Crippen LogP contribution is 2.29. The molecule has 3 rings (SSSR count). The number of nitrogens with zero attached hydrogens (tertiary/aromatic N) is 3. The van der Waals surface area contributed by atoms with E-state index >= 15 is 0 Å². The van der Waals surface area contributed by atoms with E-state index in [2.05, 4.69) is 15.3 Å². The van der Waals surface area contributed by atoms with Crippen molar-refractivity contribution in [1.82, 2.24) is 15.1 Å². The van der Waals surface area contributed by atoms with Crippen molar-refractivity contribution in [3.8, 4) is 11.3 Å². The third-order valence-electron chi connectivity index (χ3n) is 3.84. The number of aromatic nitrogens is 2. The zero-order chi connectivity index (χ0) is 16.1. The molecule has 122 valence electrons. The maximum absolute atomic E-state index is 11.7. The average Bonchev–Trinajstić information content (AvgIpc) is 3.00. The van der Waals surface area contributed by atoms with Crippen LogP contribution in [0.15, 0.2) is 36.5 Å². The number of piperazine rings is 1. The summed E-state index contributed by atoms with van der Waals surface area (Å²) >= 11 is 0. The van der Waals surface area contributed by atoms with Crippen LogP contribution in [0.25, 0.3) is 11.3 Å². The predicted molar refractivity (Wildman–Crippen MR) is 89.4 cm³/mol. The fraction of sp³-hybridized carbons (Fsp3) is 0.412. The minimum absolute atomic E-state index is 0.139. The number of nitrogens with one attached hydrogen (secondary N) is 1. The van der Waals surface area contributed by atoms with Gasteiger partial charge in [0.05, 0.1) is 12.3 Å². The normalized spacial score (nSPS) is 14.7. The first-order valence-corrected chi connectivity index (χ1v) is 8.02.